The summed E-state index contributed by atoms with van der Waals surface area (Å²) < 4.78 is 37.1. The number of halogens is 3. The Kier molecular flexibility index (Phi) is 7.00. The molecule has 1 heterocycles. The number of nitrogens with two attached hydrogens (primary N) is 1. The summed E-state index contributed by atoms with van der Waals surface area (Å²) in [5, 5.41) is 12.9. The minimum atomic E-state index is -0.767. The quantitative estimate of drug-likeness (QED) is 0.322. The van der Waals surface area contributed by atoms with Gasteiger partial charge in [0.1, 0.15) is 35.1 Å². The Labute approximate surface area is 186 Å². The number of ether oxygens (including phenoxy) is 2. The van der Waals surface area contributed by atoms with Gasteiger partial charge in [-0.05, 0) is 18.2 Å². The molecule has 5 N–H and O–H groups in total. The molecule has 9 nitrogen and oxygen atoms in total. The maximum Gasteiger partial charge on any atom is 0.319 e. The number of carbonyl (C=O) groups is 1. The van der Waals surface area contributed by atoms with Crippen LogP contribution in [0.15, 0.2) is 42.7 Å². The van der Waals surface area contributed by atoms with Crippen LogP contribution in [0.4, 0.5) is 25.1 Å². The van der Waals surface area contributed by atoms with E-state index in [2.05, 4.69) is 20.6 Å². The fraction of sp³-hybridized carbons (Fsp3) is 0.100. The molecule has 0 saturated heterocycles. The normalized spacial score (nSPS) is 10.4. The Balaban J connectivity index is 1.67. The second-order valence-corrected chi connectivity index (χ2v) is 6.67. The summed E-state index contributed by atoms with van der Waals surface area (Å²) >= 11 is 6.21. The lowest BCUT2D eigenvalue weighted by atomic mass is 10.2. The standard InChI is InChI=1S/C20H17ClF2N6O3/c1-31-18(25)16-17(24)27-9-28-19(16)32-12-4-5-15(13(21)7-12)29-20(30)26-8-10-2-3-11(22)6-14(10)23/h2-7,9,25H,8H2,1H3,(H2,24,27,28)(H2,26,29,30). The van der Waals surface area contributed by atoms with E-state index < -0.39 is 17.7 Å². The Morgan fingerprint density at radius 2 is 2.00 bits per heavy atom. The predicted octanol–water partition coefficient (Wildman–Crippen LogP) is 4.08. The molecule has 32 heavy (non-hydrogen) atoms. The SMILES string of the molecule is COC(=N)c1c(N)ncnc1Oc1ccc(NC(=O)NCc2ccc(F)cc2F)c(Cl)c1. The van der Waals surface area contributed by atoms with E-state index in [1.807, 2.05) is 0 Å². The Morgan fingerprint density at radius 3 is 2.69 bits per heavy atom. The van der Waals surface area contributed by atoms with E-state index in [1.165, 1.54) is 37.7 Å². The van der Waals surface area contributed by atoms with Crippen LogP contribution in [0.1, 0.15) is 11.1 Å². The van der Waals surface area contributed by atoms with Crippen LogP contribution in [-0.4, -0.2) is 29.0 Å². The maximum absolute atomic E-state index is 13.7. The van der Waals surface area contributed by atoms with E-state index >= 15 is 0 Å². The molecule has 0 saturated carbocycles. The molecule has 0 aliphatic rings. The molecule has 0 unspecified atom stereocenters. The highest BCUT2D eigenvalue weighted by atomic mass is 35.5. The summed E-state index contributed by atoms with van der Waals surface area (Å²) in [5.74, 6) is -1.52. The predicted molar refractivity (Wildman–Crippen MR) is 114 cm³/mol. The number of benzene rings is 2. The van der Waals surface area contributed by atoms with Gasteiger partial charge in [-0.1, -0.05) is 17.7 Å². The molecular formula is C20H17ClF2N6O3. The molecule has 0 spiro atoms. The average molecular weight is 463 g/mol. The van der Waals surface area contributed by atoms with Crippen LogP contribution in [0.25, 0.3) is 0 Å². The Hall–Kier alpha value is -3.99. The third-order valence-corrected chi connectivity index (χ3v) is 4.44. The maximum atomic E-state index is 13.7. The fourth-order valence-corrected chi connectivity index (χ4v) is 2.77. The molecule has 0 atom stereocenters. The van der Waals surface area contributed by atoms with E-state index in [-0.39, 0.29) is 51.7 Å². The van der Waals surface area contributed by atoms with Crippen molar-refractivity contribution in [3.05, 3.63) is 70.5 Å². The van der Waals surface area contributed by atoms with E-state index in [0.29, 0.717) is 0 Å². The topological polar surface area (TPSA) is 135 Å². The van der Waals surface area contributed by atoms with Crippen LogP contribution in [-0.2, 0) is 11.3 Å². The number of methoxy groups -OCH3 is 1. The van der Waals surface area contributed by atoms with Crippen molar-refractivity contribution < 1.29 is 23.0 Å². The van der Waals surface area contributed by atoms with Gasteiger partial charge in [0, 0.05) is 24.2 Å². The molecule has 0 bridgehead atoms. The monoisotopic (exact) mass is 462 g/mol. The molecular weight excluding hydrogens is 446 g/mol. The highest BCUT2D eigenvalue weighted by Crippen LogP contribution is 2.31. The number of urea groups is 1. The van der Waals surface area contributed by atoms with Crippen LogP contribution in [0.5, 0.6) is 11.6 Å². The third-order valence-electron chi connectivity index (χ3n) is 4.13. The second-order valence-electron chi connectivity index (χ2n) is 6.26. The number of aromatic nitrogens is 2. The highest BCUT2D eigenvalue weighted by Gasteiger charge is 2.18. The number of anilines is 2. The Morgan fingerprint density at radius 1 is 1.22 bits per heavy atom. The van der Waals surface area contributed by atoms with Crippen LogP contribution in [0.3, 0.4) is 0 Å². The molecule has 12 heteroatoms. The minimum absolute atomic E-state index is 0.000459. The first-order valence-electron chi connectivity index (χ1n) is 8.98. The number of carbonyl (C=O) groups excluding carboxylic acids is 1. The van der Waals surface area contributed by atoms with Gasteiger partial charge in [0.25, 0.3) is 0 Å². The zero-order valence-corrected chi connectivity index (χ0v) is 17.3. The van der Waals surface area contributed by atoms with Crippen molar-refractivity contribution >= 4 is 35.0 Å². The molecule has 0 fully saturated rings. The van der Waals surface area contributed by atoms with Gasteiger partial charge in [0.15, 0.2) is 0 Å². The van der Waals surface area contributed by atoms with Gasteiger partial charge < -0.3 is 25.8 Å². The van der Waals surface area contributed by atoms with E-state index in [9.17, 15) is 13.6 Å². The number of nitrogen functional groups attached to an aromatic ring is 1. The van der Waals surface area contributed by atoms with Gasteiger partial charge in [-0.15, -0.1) is 0 Å². The molecule has 166 valence electrons. The van der Waals surface area contributed by atoms with Gasteiger partial charge in [0.2, 0.25) is 11.8 Å². The second kappa shape index (κ2) is 9.88. The van der Waals surface area contributed by atoms with Crippen molar-refractivity contribution in [1.29, 1.82) is 5.41 Å². The van der Waals surface area contributed by atoms with E-state index in [1.54, 1.807) is 0 Å². The van der Waals surface area contributed by atoms with E-state index in [4.69, 9.17) is 32.2 Å². The summed E-state index contributed by atoms with van der Waals surface area (Å²) in [6, 6.07) is 6.80. The van der Waals surface area contributed by atoms with Crippen molar-refractivity contribution in [2.75, 3.05) is 18.2 Å². The van der Waals surface area contributed by atoms with Crippen molar-refractivity contribution in [3.8, 4) is 11.6 Å². The van der Waals surface area contributed by atoms with Crippen LogP contribution < -0.4 is 21.1 Å². The highest BCUT2D eigenvalue weighted by molar-refractivity contribution is 6.33. The minimum Gasteiger partial charge on any atom is -0.481 e. The van der Waals surface area contributed by atoms with Gasteiger partial charge in [0.05, 0.1) is 17.8 Å². The summed E-state index contributed by atoms with van der Waals surface area (Å²) in [6.07, 6.45) is 1.17. The first-order valence-corrected chi connectivity index (χ1v) is 9.36. The van der Waals surface area contributed by atoms with Gasteiger partial charge in [-0.2, -0.15) is 0 Å². The first-order chi connectivity index (χ1) is 15.3. The van der Waals surface area contributed by atoms with Gasteiger partial charge in [-0.25, -0.2) is 23.5 Å². The number of hydrogen-bond donors (Lipinski definition) is 4. The van der Waals surface area contributed by atoms with Crippen molar-refractivity contribution in [1.82, 2.24) is 15.3 Å². The molecule has 2 aromatic carbocycles. The molecule has 1 aromatic heterocycles. The first kappa shape index (κ1) is 22.7. The third kappa shape index (κ3) is 5.38. The van der Waals surface area contributed by atoms with Crippen LogP contribution in [0, 0.1) is 17.0 Å². The number of nitrogens with zero attached hydrogens (tertiary/aromatic N) is 2. The summed E-state index contributed by atoms with van der Waals surface area (Å²) in [6.45, 7) is -0.153. The zero-order chi connectivity index (χ0) is 23.3. The lowest BCUT2D eigenvalue weighted by Crippen LogP contribution is -2.28. The smallest absolute Gasteiger partial charge is 0.319 e. The summed E-state index contributed by atoms with van der Waals surface area (Å²) in [5.41, 5.74) is 6.22. The fourth-order valence-electron chi connectivity index (χ4n) is 2.55. The van der Waals surface area contributed by atoms with Gasteiger partial charge in [-0.3, -0.25) is 5.41 Å². The average Bonchev–Trinajstić information content (AvgIpc) is 2.75. The summed E-state index contributed by atoms with van der Waals surface area (Å²) in [7, 11) is 1.30. The number of hydrogen-bond acceptors (Lipinski definition) is 7. The van der Waals surface area contributed by atoms with Crippen molar-refractivity contribution in [3.63, 3.8) is 0 Å². The van der Waals surface area contributed by atoms with Crippen LogP contribution in [0.2, 0.25) is 5.02 Å². The van der Waals surface area contributed by atoms with Crippen molar-refractivity contribution in [2.45, 2.75) is 6.54 Å². The largest absolute Gasteiger partial charge is 0.481 e. The molecule has 2 amide bonds. The molecule has 0 aliphatic heterocycles. The number of nitrogens with one attached hydrogen (secondary N) is 3. The number of amides is 2. The Bertz CT molecular complexity index is 1180. The molecule has 3 rings (SSSR count). The molecule has 0 radical (unpaired) electrons. The lowest BCUT2D eigenvalue weighted by Gasteiger charge is -2.13. The number of rotatable bonds is 6. The van der Waals surface area contributed by atoms with Crippen LogP contribution >= 0.6 is 11.6 Å². The molecule has 3 aromatic rings. The zero-order valence-electron chi connectivity index (χ0n) is 16.6. The summed E-state index contributed by atoms with van der Waals surface area (Å²) in [4.78, 5) is 19.9. The van der Waals surface area contributed by atoms with E-state index in [0.717, 1.165) is 12.1 Å². The van der Waals surface area contributed by atoms with Crippen molar-refractivity contribution in [2.24, 2.45) is 0 Å². The lowest BCUT2D eigenvalue weighted by molar-refractivity contribution is 0.251. The van der Waals surface area contributed by atoms with Gasteiger partial charge >= 0.3 is 6.03 Å². The molecule has 0 aliphatic carbocycles.